The van der Waals surface area contributed by atoms with Gasteiger partial charge in [-0.05, 0) is 30.5 Å². The summed E-state index contributed by atoms with van der Waals surface area (Å²) in [5, 5.41) is 0. The van der Waals surface area contributed by atoms with E-state index in [1.165, 1.54) is 50.7 Å². The summed E-state index contributed by atoms with van der Waals surface area (Å²) in [5.74, 6) is -1.88. The summed E-state index contributed by atoms with van der Waals surface area (Å²) >= 11 is 0. The van der Waals surface area contributed by atoms with Gasteiger partial charge in [-0.25, -0.2) is 8.78 Å². The van der Waals surface area contributed by atoms with Crippen LogP contribution in [0.1, 0.15) is 70.3 Å². The zero-order valence-electron chi connectivity index (χ0n) is 15.2. The Kier molecular flexibility index (Phi) is 11.0. The van der Waals surface area contributed by atoms with Gasteiger partial charge in [0.05, 0.1) is 6.61 Å². The van der Waals surface area contributed by atoms with Crippen molar-refractivity contribution in [3.05, 3.63) is 35.4 Å². The number of carbonyl (C=O) groups excluding carboxylic acids is 1. The topological polar surface area (TPSA) is 52.3 Å². The van der Waals surface area contributed by atoms with Crippen LogP contribution < -0.4 is 5.73 Å². The SMILES string of the molecule is CCCCCCCCCCCOC(=O)[C@@H](N)Cc1cc(F)cc(F)c1. The number of esters is 1. The summed E-state index contributed by atoms with van der Waals surface area (Å²) in [6.07, 6.45) is 10.8. The predicted octanol–water partition coefficient (Wildman–Crippen LogP) is 4.91. The highest BCUT2D eigenvalue weighted by Gasteiger charge is 2.16. The number of benzene rings is 1. The van der Waals surface area contributed by atoms with Crippen LogP contribution in [0.5, 0.6) is 0 Å². The van der Waals surface area contributed by atoms with Gasteiger partial charge >= 0.3 is 5.97 Å². The molecule has 0 saturated heterocycles. The first-order valence-electron chi connectivity index (χ1n) is 9.40. The number of rotatable bonds is 13. The van der Waals surface area contributed by atoms with Crippen molar-refractivity contribution in [3.63, 3.8) is 0 Å². The molecule has 0 radical (unpaired) electrons. The minimum absolute atomic E-state index is 0.0608. The number of halogens is 2. The highest BCUT2D eigenvalue weighted by Crippen LogP contribution is 2.11. The van der Waals surface area contributed by atoms with Crippen molar-refractivity contribution in [1.29, 1.82) is 0 Å². The fourth-order valence-electron chi connectivity index (χ4n) is 2.76. The van der Waals surface area contributed by atoms with E-state index in [4.69, 9.17) is 10.5 Å². The molecule has 0 aromatic heterocycles. The van der Waals surface area contributed by atoms with Gasteiger partial charge in [-0.15, -0.1) is 0 Å². The Balaban J connectivity index is 2.09. The molecule has 0 unspecified atom stereocenters. The zero-order valence-corrected chi connectivity index (χ0v) is 15.2. The molecule has 0 heterocycles. The molecule has 1 rings (SSSR count). The van der Waals surface area contributed by atoms with E-state index in [9.17, 15) is 13.6 Å². The lowest BCUT2D eigenvalue weighted by Crippen LogP contribution is -2.34. The summed E-state index contributed by atoms with van der Waals surface area (Å²) in [7, 11) is 0. The highest BCUT2D eigenvalue weighted by atomic mass is 19.1. The number of unbranched alkanes of at least 4 members (excludes halogenated alkanes) is 8. The molecule has 0 aliphatic rings. The molecule has 0 spiro atoms. The first-order valence-corrected chi connectivity index (χ1v) is 9.40. The average Bonchev–Trinajstić information content (AvgIpc) is 2.55. The van der Waals surface area contributed by atoms with Gasteiger partial charge in [-0.2, -0.15) is 0 Å². The molecule has 3 nitrogen and oxygen atoms in total. The minimum atomic E-state index is -0.903. The van der Waals surface area contributed by atoms with Gasteiger partial charge in [0.1, 0.15) is 17.7 Å². The Labute approximate surface area is 149 Å². The highest BCUT2D eigenvalue weighted by molar-refractivity contribution is 5.75. The average molecular weight is 355 g/mol. The monoisotopic (exact) mass is 355 g/mol. The second-order valence-corrected chi connectivity index (χ2v) is 6.58. The van der Waals surface area contributed by atoms with Crippen LogP contribution in [0.15, 0.2) is 18.2 Å². The van der Waals surface area contributed by atoms with E-state index in [0.717, 1.165) is 25.3 Å². The lowest BCUT2D eigenvalue weighted by molar-refractivity contribution is -0.145. The van der Waals surface area contributed by atoms with Crippen LogP contribution in [0.25, 0.3) is 0 Å². The number of carbonyl (C=O) groups is 1. The van der Waals surface area contributed by atoms with E-state index in [1.807, 2.05) is 0 Å². The van der Waals surface area contributed by atoms with Crippen LogP contribution in [0.4, 0.5) is 8.78 Å². The summed E-state index contributed by atoms with van der Waals surface area (Å²) in [6, 6.07) is 2.24. The first-order chi connectivity index (χ1) is 12.0. The van der Waals surface area contributed by atoms with Crippen molar-refractivity contribution in [2.45, 2.75) is 77.2 Å². The van der Waals surface area contributed by atoms with Crippen molar-refractivity contribution < 1.29 is 18.3 Å². The molecular weight excluding hydrogens is 324 g/mol. The normalized spacial score (nSPS) is 12.2. The lowest BCUT2D eigenvalue weighted by Gasteiger charge is -2.12. The Bertz CT molecular complexity index is 488. The molecule has 0 bridgehead atoms. The quantitative estimate of drug-likeness (QED) is 0.404. The molecule has 142 valence electrons. The zero-order chi connectivity index (χ0) is 18.5. The van der Waals surface area contributed by atoms with Crippen LogP contribution in [0.2, 0.25) is 0 Å². The third kappa shape index (κ3) is 10.2. The third-order valence-corrected chi connectivity index (χ3v) is 4.17. The molecule has 1 atom stereocenters. The maximum absolute atomic E-state index is 13.1. The minimum Gasteiger partial charge on any atom is -0.465 e. The predicted molar refractivity (Wildman–Crippen MR) is 96.2 cm³/mol. The van der Waals surface area contributed by atoms with E-state index in [0.29, 0.717) is 12.2 Å². The maximum Gasteiger partial charge on any atom is 0.323 e. The van der Waals surface area contributed by atoms with Crippen LogP contribution >= 0.6 is 0 Å². The van der Waals surface area contributed by atoms with Crippen molar-refractivity contribution in [3.8, 4) is 0 Å². The third-order valence-electron chi connectivity index (χ3n) is 4.17. The molecule has 5 heteroatoms. The maximum atomic E-state index is 13.1. The van der Waals surface area contributed by atoms with Gasteiger partial charge in [-0.3, -0.25) is 4.79 Å². The number of nitrogens with two attached hydrogens (primary N) is 1. The van der Waals surface area contributed by atoms with Crippen LogP contribution in [-0.2, 0) is 16.0 Å². The Morgan fingerprint density at radius 3 is 2.04 bits per heavy atom. The molecule has 0 amide bonds. The number of hydrogen-bond acceptors (Lipinski definition) is 3. The molecule has 0 saturated carbocycles. The van der Waals surface area contributed by atoms with Crippen molar-refractivity contribution >= 4 is 5.97 Å². The number of ether oxygens (including phenoxy) is 1. The van der Waals surface area contributed by atoms with Crippen LogP contribution in [0, 0.1) is 11.6 Å². The Hall–Kier alpha value is -1.49. The Morgan fingerprint density at radius 1 is 0.960 bits per heavy atom. The second-order valence-electron chi connectivity index (χ2n) is 6.58. The van der Waals surface area contributed by atoms with Crippen LogP contribution in [-0.4, -0.2) is 18.6 Å². The van der Waals surface area contributed by atoms with E-state index in [1.54, 1.807) is 0 Å². The van der Waals surface area contributed by atoms with Gasteiger partial charge < -0.3 is 10.5 Å². The van der Waals surface area contributed by atoms with Gasteiger partial charge in [-0.1, -0.05) is 58.3 Å². The summed E-state index contributed by atoms with van der Waals surface area (Å²) in [6.45, 7) is 2.56. The summed E-state index contributed by atoms with van der Waals surface area (Å²) in [4.78, 5) is 11.8. The molecule has 25 heavy (non-hydrogen) atoms. The smallest absolute Gasteiger partial charge is 0.323 e. The van der Waals surface area contributed by atoms with Crippen molar-refractivity contribution in [2.24, 2.45) is 5.73 Å². The second kappa shape index (κ2) is 12.8. The van der Waals surface area contributed by atoms with E-state index >= 15 is 0 Å². The molecule has 2 N–H and O–H groups in total. The van der Waals surface area contributed by atoms with E-state index in [-0.39, 0.29) is 6.42 Å². The Morgan fingerprint density at radius 2 is 1.48 bits per heavy atom. The van der Waals surface area contributed by atoms with E-state index < -0.39 is 23.6 Å². The van der Waals surface area contributed by atoms with Gasteiger partial charge in [0.15, 0.2) is 0 Å². The molecule has 1 aromatic rings. The van der Waals surface area contributed by atoms with Gasteiger partial charge in [0.25, 0.3) is 0 Å². The molecule has 0 fully saturated rings. The standard InChI is InChI=1S/C20H31F2NO2/c1-2-3-4-5-6-7-8-9-10-11-25-20(24)19(23)14-16-12-17(21)15-18(22)13-16/h12-13,15,19H,2-11,14,23H2,1H3/t19-/m0/s1. The van der Waals surface area contributed by atoms with Crippen molar-refractivity contribution in [2.75, 3.05) is 6.61 Å². The van der Waals surface area contributed by atoms with Crippen LogP contribution in [0.3, 0.4) is 0 Å². The van der Waals surface area contributed by atoms with Gasteiger partial charge in [0.2, 0.25) is 0 Å². The van der Waals surface area contributed by atoms with Gasteiger partial charge in [0, 0.05) is 6.07 Å². The molecule has 1 aromatic carbocycles. The number of hydrogen-bond donors (Lipinski definition) is 1. The largest absolute Gasteiger partial charge is 0.465 e. The fourth-order valence-corrected chi connectivity index (χ4v) is 2.76. The first kappa shape index (κ1) is 21.6. The molecular formula is C20H31F2NO2. The summed E-state index contributed by atoms with van der Waals surface area (Å²) < 4.78 is 31.4. The lowest BCUT2D eigenvalue weighted by atomic mass is 10.1. The van der Waals surface area contributed by atoms with Crippen molar-refractivity contribution in [1.82, 2.24) is 0 Å². The van der Waals surface area contributed by atoms with E-state index in [2.05, 4.69) is 6.92 Å². The molecule has 0 aliphatic carbocycles. The molecule has 0 aliphatic heterocycles. The fraction of sp³-hybridized carbons (Fsp3) is 0.650. The summed E-state index contributed by atoms with van der Waals surface area (Å²) in [5.41, 5.74) is 6.10.